The number of carboxylic acid groups (broad SMARTS) is 1. The highest BCUT2D eigenvalue weighted by Crippen LogP contribution is 2.26. The predicted molar refractivity (Wildman–Crippen MR) is 74.5 cm³/mol. The minimum Gasteiger partial charge on any atom is -0.477 e. The first-order chi connectivity index (χ1) is 9.60. The molecule has 1 saturated heterocycles. The van der Waals surface area contributed by atoms with Crippen LogP contribution in [0.1, 0.15) is 29.4 Å². The first kappa shape index (κ1) is 14.6. The number of carboxylic acids is 1. The summed E-state index contributed by atoms with van der Waals surface area (Å²) in [6, 6.07) is 0.0290. The molecule has 8 heteroatoms. The van der Waals surface area contributed by atoms with Crippen LogP contribution in [0.3, 0.4) is 0 Å². The van der Waals surface area contributed by atoms with Crippen LogP contribution in [-0.4, -0.2) is 47.9 Å². The van der Waals surface area contributed by atoms with Crippen LogP contribution in [0.4, 0.5) is 9.93 Å². The summed E-state index contributed by atoms with van der Waals surface area (Å²) in [4.78, 5) is 28.4. The number of hydrogen-bond acceptors (Lipinski definition) is 6. The quantitative estimate of drug-likeness (QED) is 0.774. The van der Waals surface area contributed by atoms with Crippen molar-refractivity contribution in [2.45, 2.75) is 25.8 Å². The van der Waals surface area contributed by atoms with Gasteiger partial charge in [0.2, 0.25) is 0 Å². The number of aromatic nitrogens is 1. The molecule has 0 radical (unpaired) electrons. The molecule has 20 heavy (non-hydrogen) atoms. The molecule has 0 aromatic carbocycles. The van der Waals surface area contributed by atoms with E-state index < -0.39 is 12.1 Å². The zero-order valence-corrected chi connectivity index (χ0v) is 12.0. The van der Waals surface area contributed by atoms with Crippen molar-refractivity contribution >= 4 is 28.5 Å². The second kappa shape index (κ2) is 6.56. The van der Waals surface area contributed by atoms with Gasteiger partial charge < -0.3 is 20.1 Å². The molecule has 1 amide bonds. The molecule has 0 atom stereocenters. The van der Waals surface area contributed by atoms with Crippen LogP contribution in [0.5, 0.6) is 0 Å². The third kappa shape index (κ3) is 3.60. The van der Waals surface area contributed by atoms with Gasteiger partial charge in [-0.05, 0) is 6.42 Å². The lowest BCUT2D eigenvalue weighted by Crippen LogP contribution is -2.59. The number of amides is 1. The number of hydrogen-bond donors (Lipinski definition) is 2. The van der Waals surface area contributed by atoms with Crippen molar-refractivity contribution in [2.75, 3.05) is 24.6 Å². The van der Waals surface area contributed by atoms with Crippen molar-refractivity contribution in [1.29, 1.82) is 0 Å². The molecule has 1 aromatic heterocycles. The van der Waals surface area contributed by atoms with Gasteiger partial charge in [-0.15, -0.1) is 0 Å². The second-order valence-corrected chi connectivity index (χ2v) is 5.56. The van der Waals surface area contributed by atoms with Crippen molar-refractivity contribution in [1.82, 2.24) is 10.3 Å². The Kier molecular flexibility index (Phi) is 4.78. The van der Waals surface area contributed by atoms with Gasteiger partial charge in [-0.1, -0.05) is 24.7 Å². The third-order valence-electron chi connectivity index (χ3n) is 2.91. The Balaban J connectivity index is 1.71. The molecular formula is C12H17N3O4S. The average molecular weight is 299 g/mol. The number of unbranched alkanes of at least 4 members (excludes halogenated alkanes) is 1. The number of anilines is 1. The Morgan fingerprint density at radius 2 is 2.35 bits per heavy atom. The van der Waals surface area contributed by atoms with E-state index in [4.69, 9.17) is 9.84 Å². The summed E-state index contributed by atoms with van der Waals surface area (Å²) in [5.41, 5.74) is 0. The molecule has 0 bridgehead atoms. The van der Waals surface area contributed by atoms with Gasteiger partial charge in [0, 0.05) is 13.1 Å². The molecule has 2 heterocycles. The Bertz CT molecular complexity index is 485. The van der Waals surface area contributed by atoms with E-state index in [0.29, 0.717) is 24.8 Å². The lowest BCUT2D eigenvalue weighted by molar-refractivity contribution is 0.0702. The topological polar surface area (TPSA) is 91.8 Å². The summed E-state index contributed by atoms with van der Waals surface area (Å²) in [7, 11) is 0. The summed E-state index contributed by atoms with van der Waals surface area (Å²) in [6.45, 7) is 3.71. The summed E-state index contributed by atoms with van der Waals surface area (Å²) < 4.78 is 5.01. The zero-order valence-electron chi connectivity index (χ0n) is 11.2. The molecule has 0 saturated carbocycles. The van der Waals surface area contributed by atoms with Crippen LogP contribution in [0, 0.1) is 0 Å². The molecule has 110 valence electrons. The van der Waals surface area contributed by atoms with Crippen LogP contribution in [0.2, 0.25) is 0 Å². The van der Waals surface area contributed by atoms with E-state index in [1.807, 2.05) is 11.8 Å². The van der Waals surface area contributed by atoms with Gasteiger partial charge in [-0.25, -0.2) is 14.6 Å². The highest BCUT2D eigenvalue weighted by Gasteiger charge is 2.30. The second-order valence-electron chi connectivity index (χ2n) is 4.55. The van der Waals surface area contributed by atoms with Gasteiger partial charge in [-0.3, -0.25) is 0 Å². The van der Waals surface area contributed by atoms with Gasteiger partial charge in [0.05, 0.1) is 18.8 Å². The largest absolute Gasteiger partial charge is 0.477 e. The minimum atomic E-state index is -0.969. The average Bonchev–Trinajstić information content (AvgIpc) is 2.83. The van der Waals surface area contributed by atoms with Gasteiger partial charge in [0.15, 0.2) is 5.13 Å². The first-order valence-electron chi connectivity index (χ1n) is 6.47. The van der Waals surface area contributed by atoms with Crippen LogP contribution in [-0.2, 0) is 4.74 Å². The molecular weight excluding hydrogens is 282 g/mol. The molecule has 1 aliphatic heterocycles. The maximum atomic E-state index is 11.4. The number of alkyl carbamates (subject to hydrolysis) is 1. The summed E-state index contributed by atoms with van der Waals surface area (Å²) in [6.07, 6.45) is 2.80. The Morgan fingerprint density at radius 1 is 1.60 bits per heavy atom. The lowest BCUT2D eigenvalue weighted by atomic mass is 10.1. The van der Waals surface area contributed by atoms with Crippen molar-refractivity contribution < 1.29 is 19.4 Å². The molecule has 0 spiro atoms. The predicted octanol–water partition coefficient (Wildman–Crippen LogP) is 1.56. The number of rotatable bonds is 6. The standard InChI is InChI=1S/C12H17N3O4S/c1-2-3-4-19-12(18)14-8-6-15(7-8)11-13-5-9(20-11)10(16)17/h5,8H,2-4,6-7H2,1H3,(H,14,18)(H,16,17). The summed E-state index contributed by atoms with van der Waals surface area (Å²) >= 11 is 1.13. The number of carbonyl (C=O) groups is 2. The fraction of sp³-hybridized carbons (Fsp3) is 0.583. The monoisotopic (exact) mass is 299 g/mol. The number of nitrogens with one attached hydrogen (secondary N) is 1. The molecule has 7 nitrogen and oxygen atoms in total. The van der Waals surface area contributed by atoms with Gasteiger partial charge in [0.1, 0.15) is 4.88 Å². The van der Waals surface area contributed by atoms with Crippen LogP contribution >= 0.6 is 11.3 Å². The maximum absolute atomic E-state index is 11.4. The molecule has 0 aliphatic carbocycles. The van der Waals surface area contributed by atoms with E-state index in [9.17, 15) is 9.59 Å². The van der Waals surface area contributed by atoms with Crippen molar-refractivity contribution in [3.05, 3.63) is 11.1 Å². The van der Waals surface area contributed by atoms with Gasteiger partial charge in [0.25, 0.3) is 0 Å². The molecule has 0 unspecified atom stereocenters. The number of thiazole rings is 1. The Hall–Kier alpha value is -1.83. The number of nitrogens with zero attached hydrogens (tertiary/aromatic N) is 2. The lowest BCUT2D eigenvalue weighted by Gasteiger charge is -2.38. The fourth-order valence-electron chi connectivity index (χ4n) is 1.75. The third-order valence-corrected chi connectivity index (χ3v) is 3.96. The fourth-order valence-corrected chi connectivity index (χ4v) is 2.53. The SMILES string of the molecule is CCCCOC(=O)NC1CN(c2ncc(C(=O)O)s2)C1. The normalized spacial score (nSPS) is 14.8. The first-order valence-corrected chi connectivity index (χ1v) is 7.29. The van der Waals surface area contributed by atoms with E-state index in [-0.39, 0.29) is 10.9 Å². The van der Waals surface area contributed by atoms with Gasteiger partial charge >= 0.3 is 12.1 Å². The van der Waals surface area contributed by atoms with E-state index >= 15 is 0 Å². The van der Waals surface area contributed by atoms with E-state index in [1.54, 1.807) is 0 Å². The van der Waals surface area contributed by atoms with Crippen LogP contribution in [0.15, 0.2) is 6.20 Å². The van der Waals surface area contributed by atoms with Crippen molar-refractivity contribution in [2.24, 2.45) is 0 Å². The summed E-state index contributed by atoms with van der Waals surface area (Å²) in [5.74, 6) is -0.969. The maximum Gasteiger partial charge on any atom is 0.407 e. The molecule has 1 aliphatic rings. The summed E-state index contributed by atoms with van der Waals surface area (Å²) in [5, 5.41) is 12.3. The molecule has 1 aromatic rings. The number of ether oxygens (including phenoxy) is 1. The minimum absolute atomic E-state index is 0.0290. The zero-order chi connectivity index (χ0) is 14.5. The van der Waals surface area contributed by atoms with Crippen molar-refractivity contribution in [3.63, 3.8) is 0 Å². The Labute approximate surface area is 120 Å². The molecule has 1 fully saturated rings. The highest BCUT2D eigenvalue weighted by molar-refractivity contribution is 7.17. The van der Waals surface area contributed by atoms with Gasteiger partial charge in [-0.2, -0.15) is 0 Å². The van der Waals surface area contributed by atoms with Crippen molar-refractivity contribution in [3.8, 4) is 0 Å². The van der Waals surface area contributed by atoms with E-state index in [0.717, 1.165) is 24.2 Å². The van der Waals surface area contributed by atoms with Crippen LogP contribution in [0.25, 0.3) is 0 Å². The Morgan fingerprint density at radius 3 is 2.95 bits per heavy atom. The van der Waals surface area contributed by atoms with E-state index in [2.05, 4.69) is 10.3 Å². The van der Waals surface area contributed by atoms with E-state index in [1.165, 1.54) is 6.20 Å². The molecule has 2 rings (SSSR count). The highest BCUT2D eigenvalue weighted by atomic mass is 32.1. The smallest absolute Gasteiger partial charge is 0.407 e. The number of carbonyl (C=O) groups excluding carboxylic acids is 1. The molecule has 2 N–H and O–H groups in total. The van der Waals surface area contributed by atoms with Crippen LogP contribution < -0.4 is 10.2 Å². The number of aromatic carboxylic acids is 1.